The van der Waals surface area contributed by atoms with E-state index in [9.17, 15) is 14.9 Å². The summed E-state index contributed by atoms with van der Waals surface area (Å²) >= 11 is 0. The Bertz CT molecular complexity index is 471. The molecule has 0 radical (unpaired) electrons. The first-order valence-electron chi connectivity index (χ1n) is 5.36. The maximum absolute atomic E-state index is 11.9. The van der Waals surface area contributed by atoms with Crippen LogP contribution in [0.3, 0.4) is 0 Å². The summed E-state index contributed by atoms with van der Waals surface area (Å²) in [6, 6.07) is 2.40. The van der Waals surface area contributed by atoms with E-state index >= 15 is 0 Å². The van der Waals surface area contributed by atoms with Gasteiger partial charge in [0.25, 0.3) is 5.91 Å². The van der Waals surface area contributed by atoms with Crippen LogP contribution < -0.4 is 5.32 Å². The molecule has 0 aliphatic heterocycles. The summed E-state index contributed by atoms with van der Waals surface area (Å²) in [7, 11) is 1.34. The van der Waals surface area contributed by atoms with Gasteiger partial charge in [0.15, 0.2) is 5.69 Å². The van der Waals surface area contributed by atoms with E-state index in [1.54, 1.807) is 0 Å². The van der Waals surface area contributed by atoms with E-state index in [-0.39, 0.29) is 11.5 Å². The van der Waals surface area contributed by atoms with Crippen molar-refractivity contribution in [3.8, 4) is 0 Å². The van der Waals surface area contributed by atoms with Crippen molar-refractivity contribution in [3.63, 3.8) is 0 Å². The van der Waals surface area contributed by atoms with Crippen molar-refractivity contribution in [1.82, 2.24) is 9.88 Å². The number of carbonyl (C=O) groups is 1. The number of aliphatic hydroxyl groups excluding tert-OH is 3. The molecule has 1 rings (SSSR count). The minimum absolute atomic E-state index is 0.0218. The number of aliphatic hydroxyl groups is 3. The van der Waals surface area contributed by atoms with Gasteiger partial charge in [-0.15, -0.1) is 0 Å². The molecule has 1 aromatic rings. The molecule has 1 heterocycles. The van der Waals surface area contributed by atoms with Crippen LogP contribution in [0.2, 0.25) is 0 Å². The molecule has 0 aromatic carbocycles. The summed E-state index contributed by atoms with van der Waals surface area (Å²) in [6.45, 7) is -2.01. The molecule has 4 N–H and O–H groups in total. The number of rotatable bonds is 6. The number of hydrogen-bond acceptors (Lipinski definition) is 6. The fraction of sp³-hybridized carbons (Fsp3) is 0.500. The second kappa shape index (κ2) is 5.78. The van der Waals surface area contributed by atoms with Crippen LogP contribution in [-0.2, 0) is 7.05 Å². The summed E-state index contributed by atoms with van der Waals surface area (Å²) in [4.78, 5) is 21.9. The van der Waals surface area contributed by atoms with Crippen LogP contribution >= 0.6 is 0 Å². The number of aromatic nitrogens is 1. The second-order valence-electron chi connectivity index (χ2n) is 4.10. The Labute approximate surface area is 108 Å². The number of nitrogens with zero attached hydrogens (tertiary/aromatic N) is 2. The highest BCUT2D eigenvalue weighted by molar-refractivity contribution is 5.93. The first-order valence-corrected chi connectivity index (χ1v) is 5.36. The summed E-state index contributed by atoms with van der Waals surface area (Å²) in [5.41, 5.74) is -1.60. The van der Waals surface area contributed by atoms with Crippen molar-refractivity contribution in [1.29, 1.82) is 0 Å². The predicted octanol–water partition coefficient (Wildman–Crippen LogP) is -1.62. The lowest BCUT2D eigenvalue weighted by molar-refractivity contribution is -0.391. The lowest BCUT2D eigenvalue weighted by Gasteiger charge is -2.28. The molecule has 0 saturated carbocycles. The van der Waals surface area contributed by atoms with E-state index in [4.69, 9.17) is 15.3 Å². The van der Waals surface area contributed by atoms with Crippen LogP contribution in [0.1, 0.15) is 10.5 Å². The van der Waals surface area contributed by atoms with Crippen LogP contribution in [0.4, 0.5) is 5.82 Å². The van der Waals surface area contributed by atoms with Crippen LogP contribution in [0.25, 0.3) is 0 Å². The molecule has 1 amide bonds. The van der Waals surface area contributed by atoms with E-state index in [1.165, 1.54) is 13.1 Å². The zero-order valence-electron chi connectivity index (χ0n) is 10.2. The van der Waals surface area contributed by atoms with Crippen molar-refractivity contribution in [2.45, 2.75) is 5.54 Å². The number of nitrogens with one attached hydrogen (secondary N) is 1. The molecule has 0 unspecified atom stereocenters. The highest BCUT2D eigenvalue weighted by Crippen LogP contribution is 2.15. The van der Waals surface area contributed by atoms with Gasteiger partial charge >= 0.3 is 5.82 Å². The standard InChI is InChI=1S/C10H15N3O6/c1-12-7(2-3-8(12)13(18)19)9(17)11-10(4-14,5-15)6-16/h2-3,14-16H,4-6H2,1H3,(H,11,17). The Morgan fingerprint density at radius 3 is 2.26 bits per heavy atom. The molecule has 0 atom stereocenters. The smallest absolute Gasteiger partial charge is 0.323 e. The first kappa shape index (κ1) is 15.1. The summed E-state index contributed by atoms with van der Waals surface area (Å²) in [6.07, 6.45) is 0. The Kier molecular flexibility index (Phi) is 4.59. The maximum Gasteiger partial charge on any atom is 0.323 e. The average molecular weight is 273 g/mol. The topological polar surface area (TPSA) is 138 Å². The van der Waals surface area contributed by atoms with Gasteiger partial charge in [0.1, 0.15) is 5.54 Å². The van der Waals surface area contributed by atoms with Crippen molar-refractivity contribution in [2.24, 2.45) is 7.05 Å². The molecule has 19 heavy (non-hydrogen) atoms. The molecule has 0 saturated heterocycles. The van der Waals surface area contributed by atoms with Crippen LogP contribution in [0, 0.1) is 10.1 Å². The van der Waals surface area contributed by atoms with Gasteiger partial charge in [0.05, 0.1) is 26.9 Å². The molecule has 0 bridgehead atoms. The van der Waals surface area contributed by atoms with Gasteiger partial charge in [-0.25, -0.2) is 4.57 Å². The molecular weight excluding hydrogens is 258 g/mol. The van der Waals surface area contributed by atoms with Gasteiger partial charge in [-0.05, 0) is 11.0 Å². The number of carbonyl (C=O) groups excluding carboxylic acids is 1. The SMILES string of the molecule is Cn1c(C(=O)NC(CO)(CO)CO)ccc1[N+](=O)[O-]. The highest BCUT2D eigenvalue weighted by atomic mass is 16.6. The minimum atomic E-state index is -1.57. The zero-order valence-corrected chi connectivity index (χ0v) is 10.2. The van der Waals surface area contributed by atoms with Gasteiger partial charge in [-0.2, -0.15) is 0 Å². The van der Waals surface area contributed by atoms with E-state index in [0.717, 1.165) is 10.6 Å². The van der Waals surface area contributed by atoms with Gasteiger partial charge in [0, 0.05) is 6.07 Å². The van der Waals surface area contributed by atoms with Crippen molar-refractivity contribution in [2.75, 3.05) is 19.8 Å². The molecule has 0 spiro atoms. The summed E-state index contributed by atoms with van der Waals surface area (Å²) in [5.74, 6) is -1.01. The van der Waals surface area contributed by atoms with Crippen LogP contribution in [0.5, 0.6) is 0 Å². The molecule has 0 aliphatic rings. The zero-order chi connectivity index (χ0) is 14.6. The molecule has 106 valence electrons. The van der Waals surface area contributed by atoms with Gasteiger partial charge < -0.3 is 30.8 Å². The third-order valence-electron chi connectivity index (χ3n) is 2.80. The second-order valence-corrected chi connectivity index (χ2v) is 4.10. The molecular formula is C10H15N3O6. The van der Waals surface area contributed by atoms with Crippen molar-refractivity contribution < 1.29 is 25.0 Å². The number of amides is 1. The maximum atomic E-state index is 11.9. The predicted molar refractivity (Wildman–Crippen MR) is 63.5 cm³/mol. The molecule has 9 nitrogen and oxygen atoms in total. The van der Waals surface area contributed by atoms with E-state index in [0.29, 0.717) is 0 Å². The summed E-state index contributed by atoms with van der Waals surface area (Å²) in [5, 5.41) is 40.2. The molecule has 9 heteroatoms. The van der Waals surface area contributed by atoms with Gasteiger partial charge in [-0.1, -0.05) is 0 Å². The Morgan fingerprint density at radius 2 is 1.89 bits per heavy atom. The van der Waals surface area contributed by atoms with E-state index < -0.39 is 36.2 Å². The molecule has 0 aliphatic carbocycles. The monoisotopic (exact) mass is 273 g/mol. The van der Waals surface area contributed by atoms with Crippen molar-refractivity contribution >= 4 is 11.7 Å². The lowest BCUT2D eigenvalue weighted by Crippen LogP contribution is -2.57. The Hall–Kier alpha value is -1.97. The lowest BCUT2D eigenvalue weighted by atomic mass is 10.0. The first-order chi connectivity index (χ1) is 8.90. The van der Waals surface area contributed by atoms with Crippen molar-refractivity contribution in [3.05, 3.63) is 27.9 Å². The minimum Gasteiger partial charge on any atom is -0.394 e. The van der Waals surface area contributed by atoms with E-state index in [1.807, 2.05) is 0 Å². The van der Waals surface area contributed by atoms with Gasteiger partial charge in [-0.3, -0.25) is 4.79 Å². The normalized spacial score (nSPS) is 11.4. The number of hydrogen-bond donors (Lipinski definition) is 4. The largest absolute Gasteiger partial charge is 0.394 e. The third kappa shape index (κ3) is 2.89. The van der Waals surface area contributed by atoms with Gasteiger partial charge in [0.2, 0.25) is 0 Å². The Balaban J connectivity index is 2.99. The summed E-state index contributed by atoms with van der Waals surface area (Å²) < 4.78 is 1.06. The fourth-order valence-electron chi connectivity index (χ4n) is 1.49. The number of nitro groups is 1. The van der Waals surface area contributed by atoms with Crippen LogP contribution in [0.15, 0.2) is 12.1 Å². The average Bonchev–Trinajstić information content (AvgIpc) is 2.78. The Morgan fingerprint density at radius 1 is 1.37 bits per heavy atom. The highest BCUT2D eigenvalue weighted by Gasteiger charge is 2.32. The fourth-order valence-corrected chi connectivity index (χ4v) is 1.49. The van der Waals surface area contributed by atoms with Crippen LogP contribution in [-0.4, -0.2) is 56.1 Å². The van der Waals surface area contributed by atoms with E-state index in [2.05, 4.69) is 5.32 Å². The third-order valence-corrected chi connectivity index (χ3v) is 2.80. The molecule has 0 fully saturated rings. The quantitative estimate of drug-likeness (QED) is 0.363. The molecule has 1 aromatic heterocycles.